The molecule has 37 heavy (non-hydrogen) atoms. The van der Waals surface area contributed by atoms with Crippen molar-refractivity contribution in [3.05, 3.63) is 102 Å². The third-order valence-corrected chi connectivity index (χ3v) is 5.98. The molecular weight excluding hydrogens is 481 g/mol. The SMILES string of the molecule is COc1cccc(OC)c1Oc1ccc(-c2c3cccc(C(F)(F)F)c3nn2Cc2ccccc2)cc1. The molecule has 0 aliphatic heterocycles. The highest BCUT2D eigenvalue weighted by atomic mass is 19.4. The molecule has 1 aromatic heterocycles. The largest absolute Gasteiger partial charge is 0.493 e. The summed E-state index contributed by atoms with van der Waals surface area (Å²) in [5, 5.41) is 4.84. The molecule has 0 amide bonds. The topological polar surface area (TPSA) is 45.5 Å². The number of fused-ring (bicyclic) bond motifs is 1. The summed E-state index contributed by atoms with van der Waals surface area (Å²) in [7, 11) is 3.08. The molecule has 0 spiro atoms. The number of nitrogens with zero attached hydrogens (tertiary/aromatic N) is 2. The van der Waals surface area contributed by atoms with Crippen molar-refractivity contribution in [2.24, 2.45) is 0 Å². The van der Waals surface area contributed by atoms with Crippen LogP contribution in [0.1, 0.15) is 11.1 Å². The maximum Gasteiger partial charge on any atom is 0.418 e. The van der Waals surface area contributed by atoms with Crippen LogP contribution in [0.25, 0.3) is 22.2 Å². The van der Waals surface area contributed by atoms with E-state index in [0.29, 0.717) is 46.2 Å². The summed E-state index contributed by atoms with van der Waals surface area (Å²) in [5.41, 5.74) is 1.37. The first-order valence-corrected chi connectivity index (χ1v) is 11.5. The number of halogens is 3. The maximum atomic E-state index is 13.8. The fourth-order valence-corrected chi connectivity index (χ4v) is 4.27. The fraction of sp³-hybridized carbons (Fsp3) is 0.138. The van der Waals surface area contributed by atoms with Crippen molar-refractivity contribution in [1.29, 1.82) is 0 Å². The van der Waals surface area contributed by atoms with Crippen molar-refractivity contribution in [2.45, 2.75) is 12.7 Å². The van der Waals surface area contributed by atoms with Crippen molar-refractivity contribution < 1.29 is 27.4 Å². The molecule has 0 N–H and O–H groups in total. The number of ether oxygens (including phenoxy) is 3. The second-order valence-electron chi connectivity index (χ2n) is 8.31. The van der Waals surface area contributed by atoms with Gasteiger partial charge in [-0.1, -0.05) is 48.5 Å². The van der Waals surface area contributed by atoms with E-state index < -0.39 is 11.7 Å². The van der Waals surface area contributed by atoms with E-state index in [1.165, 1.54) is 6.07 Å². The number of methoxy groups -OCH3 is 2. The van der Waals surface area contributed by atoms with Gasteiger partial charge in [-0.05, 0) is 48.0 Å². The Kier molecular flexibility index (Phi) is 6.48. The lowest BCUT2D eigenvalue weighted by Crippen LogP contribution is -2.06. The molecule has 4 aromatic carbocycles. The molecule has 188 valence electrons. The summed E-state index contributed by atoms with van der Waals surface area (Å²) in [5.74, 6) is 1.96. The Bertz CT molecular complexity index is 1510. The highest BCUT2D eigenvalue weighted by molar-refractivity contribution is 5.95. The van der Waals surface area contributed by atoms with Gasteiger partial charge in [0.25, 0.3) is 0 Å². The van der Waals surface area contributed by atoms with Crippen molar-refractivity contribution in [3.63, 3.8) is 0 Å². The average Bonchev–Trinajstić information content (AvgIpc) is 3.27. The quantitative estimate of drug-likeness (QED) is 0.229. The Hall–Kier alpha value is -4.46. The van der Waals surface area contributed by atoms with Gasteiger partial charge in [0.1, 0.15) is 11.3 Å². The minimum absolute atomic E-state index is 0.0833. The molecule has 0 radical (unpaired) electrons. The predicted octanol–water partition coefficient (Wildman–Crippen LogP) is 7.58. The van der Waals surface area contributed by atoms with E-state index in [0.717, 1.165) is 11.6 Å². The number of benzene rings is 4. The van der Waals surface area contributed by atoms with Crippen LogP contribution < -0.4 is 14.2 Å². The second kappa shape index (κ2) is 9.89. The molecule has 0 unspecified atom stereocenters. The molecule has 5 aromatic rings. The van der Waals surface area contributed by atoms with Crippen molar-refractivity contribution >= 4 is 10.9 Å². The zero-order valence-electron chi connectivity index (χ0n) is 20.1. The van der Waals surface area contributed by atoms with Gasteiger partial charge in [-0.15, -0.1) is 0 Å². The Labute approximate surface area is 211 Å². The second-order valence-corrected chi connectivity index (χ2v) is 8.31. The van der Waals surface area contributed by atoms with Gasteiger partial charge in [-0.2, -0.15) is 18.3 Å². The fourth-order valence-electron chi connectivity index (χ4n) is 4.27. The number of rotatable bonds is 7. The van der Waals surface area contributed by atoms with Crippen molar-refractivity contribution in [2.75, 3.05) is 14.2 Å². The van der Waals surface area contributed by atoms with E-state index in [4.69, 9.17) is 14.2 Å². The maximum absolute atomic E-state index is 13.8. The number of aromatic nitrogens is 2. The van der Waals surface area contributed by atoms with Gasteiger partial charge >= 0.3 is 6.18 Å². The molecule has 0 atom stereocenters. The molecule has 0 saturated heterocycles. The molecule has 0 fully saturated rings. The Morgan fingerprint density at radius 1 is 0.757 bits per heavy atom. The molecular formula is C29H23F3N2O3. The molecule has 1 heterocycles. The highest BCUT2D eigenvalue weighted by Gasteiger charge is 2.34. The summed E-state index contributed by atoms with van der Waals surface area (Å²) in [6, 6.07) is 26.1. The number of hydrogen-bond acceptors (Lipinski definition) is 4. The number of para-hydroxylation sites is 1. The van der Waals surface area contributed by atoms with Crippen LogP contribution in [0.3, 0.4) is 0 Å². The van der Waals surface area contributed by atoms with Crippen molar-refractivity contribution in [1.82, 2.24) is 9.78 Å². The van der Waals surface area contributed by atoms with Crippen molar-refractivity contribution in [3.8, 4) is 34.3 Å². The highest BCUT2D eigenvalue weighted by Crippen LogP contribution is 2.41. The monoisotopic (exact) mass is 504 g/mol. The van der Waals surface area contributed by atoms with E-state index in [2.05, 4.69) is 5.10 Å². The zero-order chi connectivity index (χ0) is 26.0. The first-order valence-electron chi connectivity index (χ1n) is 11.5. The molecule has 0 bridgehead atoms. The molecule has 0 saturated carbocycles. The van der Waals surface area contributed by atoms with Gasteiger partial charge in [-0.3, -0.25) is 4.68 Å². The van der Waals surface area contributed by atoms with Gasteiger partial charge in [0.05, 0.1) is 32.0 Å². The summed E-state index contributed by atoms with van der Waals surface area (Å²) in [4.78, 5) is 0. The minimum atomic E-state index is -4.52. The van der Waals surface area contributed by atoms with Crippen LogP contribution in [-0.2, 0) is 12.7 Å². The Balaban J connectivity index is 1.58. The first kappa shape index (κ1) is 24.2. The third-order valence-electron chi connectivity index (χ3n) is 5.98. The number of hydrogen-bond donors (Lipinski definition) is 0. The zero-order valence-corrected chi connectivity index (χ0v) is 20.1. The number of alkyl halides is 3. The molecule has 5 rings (SSSR count). The van der Waals surface area contributed by atoms with Crippen LogP contribution >= 0.6 is 0 Å². The Morgan fingerprint density at radius 3 is 2.03 bits per heavy atom. The summed E-state index contributed by atoms with van der Waals surface area (Å²) in [6.45, 7) is 0.318. The van der Waals surface area contributed by atoms with Crippen LogP contribution in [0.4, 0.5) is 13.2 Å². The van der Waals surface area contributed by atoms with Crippen LogP contribution in [-0.4, -0.2) is 24.0 Å². The van der Waals surface area contributed by atoms with Crippen LogP contribution in [0.5, 0.6) is 23.0 Å². The van der Waals surface area contributed by atoms with E-state index in [9.17, 15) is 13.2 Å². The van der Waals surface area contributed by atoms with E-state index in [1.807, 2.05) is 30.3 Å². The molecule has 0 aliphatic carbocycles. The third kappa shape index (κ3) is 4.82. The van der Waals surface area contributed by atoms with E-state index >= 15 is 0 Å². The summed E-state index contributed by atoms with van der Waals surface area (Å²) < 4.78 is 59.8. The lowest BCUT2D eigenvalue weighted by atomic mass is 10.0. The molecule has 8 heteroatoms. The lowest BCUT2D eigenvalue weighted by Gasteiger charge is -2.14. The molecule has 5 nitrogen and oxygen atoms in total. The average molecular weight is 505 g/mol. The minimum Gasteiger partial charge on any atom is -0.493 e. The van der Waals surface area contributed by atoms with Gasteiger partial charge in [0.2, 0.25) is 5.75 Å². The predicted molar refractivity (Wildman–Crippen MR) is 135 cm³/mol. The van der Waals surface area contributed by atoms with Crippen LogP contribution in [0.15, 0.2) is 91.0 Å². The summed E-state index contributed by atoms with van der Waals surface area (Å²) in [6.07, 6.45) is -4.52. The molecule has 0 aliphatic rings. The first-order chi connectivity index (χ1) is 17.9. The van der Waals surface area contributed by atoms with E-state index in [1.54, 1.807) is 67.4 Å². The van der Waals surface area contributed by atoms with E-state index in [-0.39, 0.29) is 5.52 Å². The van der Waals surface area contributed by atoms with Gasteiger partial charge < -0.3 is 14.2 Å². The normalized spacial score (nSPS) is 11.5. The van der Waals surface area contributed by atoms with Crippen LogP contribution in [0, 0.1) is 0 Å². The summed E-state index contributed by atoms with van der Waals surface area (Å²) >= 11 is 0. The van der Waals surface area contributed by atoms with Gasteiger partial charge in [0, 0.05) is 10.9 Å². The Morgan fingerprint density at radius 2 is 1.41 bits per heavy atom. The smallest absolute Gasteiger partial charge is 0.418 e. The van der Waals surface area contributed by atoms with Gasteiger partial charge in [-0.25, -0.2) is 0 Å². The van der Waals surface area contributed by atoms with Crippen LogP contribution in [0.2, 0.25) is 0 Å². The van der Waals surface area contributed by atoms with Gasteiger partial charge in [0.15, 0.2) is 11.5 Å². The standard InChI is InChI=1S/C29H23F3N2O3/c1-35-24-12-7-13-25(36-2)28(24)37-21-16-14-20(15-17-21)27-22-10-6-11-23(29(30,31)32)26(22)33-34(27)18-19-8-4-3-5-9-19/h3-17H,18H2,1-2H3. The lowest BCUT2D eigenvalue weighted by molar-refractivity contribution is -0.136.